The van der Waals surface area contributed by atoms with Crippen LogP contribution >= 0.6 is 0 Å². The predicted octanol–water partition coefficient (Wildman–Crippen LogP) is 2.57. The number of amides is 1. The number of carbonyl (C=O) groups excluding carboxylic acids is 1. The Morgan fingerprint density at radius 1 is 1.00 bits per heavy atom. The van der Waals surface area contributed by atoms with Crippen LogP contribution in [0.4, 0.5) is 4.79 Å². The van der Waals surface area contributed by atoms with Gasteiger partial charge in [-0.1, -0.05) is 12.1 Å². The third kappa shape index (κ3) is 7.89. The van der Waals surface area contributed by atoms with Crippen molar-refractivity contribution in [2.24, 2.45) is 10.7 Å². The summed E-state index contributed by atoms with van der Waals surface area (Å²) in [6, 6.07) is 8.25. The van der Waals surface area contributed by atoms with Crippen LogP contribution in [0, 0.1) is 0 Å². The van der Waals surface area contributed by atoms with E-state index in [0.717, 1.165) is 25.3 Å². The Morgan fingerprint density at radius 2 is 1.62 bits per heavy atom. The van der Waals surface area contributed by atoms with Gasteiger partial charge < -0.3 is 25.0 Å². The van der Waals surface area contributed by atoms with Crippen molar-refractivity contribution in [2.75, 3.05) is 59.0 Å². The number of carbonyl (C=O) groups is 1. The second-order valence-corrected chi connectivity index (χ2v) is 9.49. The molecule has 2 aliphatic rings. The molecule has 1 amide bonds. The maximum absolute atomic E-state index is 12.2. The molecule has 1 aromatic carbocycles. The van der Waals surface area contributed by atoms with Gasteiger partial charge in [-0.25, -0.2) is 4.79 Å². The van der Waals surface area contributed by atoms with Gasteiger partial charge in [-0.3, -0.25) is 9.89 Å². The van der Waals surface area contributed by atoms with Crippen molar-refractivity contribution in [3.63, 3.8) is 0 Å². The highest BCUT2D eigenvalue weighted by Crippen LogP contribution is 2.14. The van der Waals surface area contributed by atoms with Gasteiger partial charge in [-0.15, -0.1) is 0 Å². The van der Waals surface area contributed by atoms with E-state index in [1.807, 2.05) is 37.8 Å². The van der Waals surface area contributed by atoms with Crippen molar-refractivity contribution in [2.45, 2.75) is 45.6 Å². The van der Waals surface area contributed by atoms with E-state index in [0.29, 0.717) is 38.7 Å². The highest BCUT2D eigenvalue weighted by molar-refractivity contribution is 5.78. The molecule has 0 aromatic heterocycles. The van der Waals surface area contributed by atoms with Gasteiger partial charge in [0, 0.05) is 39.3 Å². The van der Waals surface area contributed by atoms with E-state index < -0.39 is 5.60 Å². The average molecular weight is 446 g/mol. The van der Waals surface area contributed by atoms with Crippen LogP contribution in [0.15, 0.2) is 29.3 Å². The van der Waals surface area contributed by atoms with Crippen molar-refractivity contribution in [3.05, 3.63) is 29.8 Å². The summed E-state index contributed by atoms with van der Waals surface area (Å²) < 4.78 is 11.3. The summed E-state index contributed by atoms with van der Waals surface area (Å²) in [5.41, 5.74) is 6.92. The third-order valence-electron chi connectivity index (χ3n) is 5.73. The normalized spacial score (nSPS) is 18.2. The standard InChI is InChI=1S/C24H39N5O3/c1-24(2,3)32-23(30)29-16-14-28(15-17-29)22(25)26-11-10-20-6-8-21(9-7-20)31-19-18-27-12-4-5-13-27/h6-9H,4-5,10-19H2,1-3H3,(H2,25,26). The third-order valence-corrected chi connectivity index (χ3v) is 5.73. The maximum atomic E-state index is 12.2. The van der Waals surface area contributed by atoms with Crippen LogP contribution in [0.25, 0.3) is 0 Å². The van der Waals surface area contributed by atoms with Crippen LogP contribution in [0.1, 0.15) is 39.2 Å². The van der Waals surface area contributed by atoms with E-state index in [1.165, 1.54) is 31.5 Å². The summed E-state index contributed by atoms with van der Waals surface area (Å²) in [5, 5.41) is 0. The lowest BCUT2D eigenvalue weighted by Gasteiger charge is -2.36. The Balaban J connectivity index is 1.35. The van der Waals surface area contributed by atoms with Crippen molar-refractivity contribution in [3.8, 4) is 5.75 Å². The van der Waals surface area contributed by atoms with Gasteiger partial charge in [0.05, 0.1) is 0 Å². The van der Waals surface area contributed by atoms with Crippen LogP contribution in [-0.4, -0.2) is 91.3 Å². The smallest absolute Gasteiger partial charge is 0.410 e. The Hall–Kier alpha value is -2.48. The van der Waals surface area contributed by atoms with Crippen molar-refractivity contribution >= 4 is 12.1 Å². The van der Waals surface area contributed by atoms with Gasteiger partial charge in [0.15, 0.2) is 5.96 Å². The lowest BCUT2D eigenvalue weighted by Crippen LogP contribution is -2.53. The molecule has 0 atom stereocenters. The van der Waals surface area contributed by atoms with Crippen LogP contribution in [0.2, 0.25) is 0 Å². The number of likely N-dealkylation sites (tertiary alicyclic amines) is 1. The number of piperazine rings is 1. The highest BCUT2D eigenvalue weighted by Gasteiger charge is 2.26. The zero-order valence-electron chi connectivity index (χ0n) is 19.9. The minimum absolute atomic E-state index is 0.267. The molecule has 0 spiro atoms. The lowest BCUT2D eigenvalue weighted by molar-refractivity contribution is 0.0186. The van der Waals surface area contributed by atoms with Gasteiger partial charge in [0.1, 0.15) is 18.0 Å². The summed E-state index contributed by atoms with van der Waals surface area (Å²) in [6.45, 7) is 12.9. The zero-order valence-corrected chi connectivity index (χ0v) is 19.9. The van der Waals surface area contributed by atoms with Gasteiger partial charge in [0.25, 0.3) is 0 Å². The summed E-state index contributed by atoms with van der Waals surface area (Å²) in [5.74, 6) is 1.45. The highest BCUT2D eigenvalue weighted by atomic mass is 16.6. The first-order chi connectivity index (χ1) is 15.3. The van der Waals surface area contributed by atoms with Gasteiger partial charge in [-0.05, 0) is 70.8 Å². The molecule has 2 fully saturated rings. The summed E-state index contributed by atoms with van der Waals surface area (Å²) >= 11 is 0. The first-order valence-corrected chi connectivity index (χ1v) is 11.8. The molecule has 2 aliphatic heterocycles. The maximum Gasteiger partial charge on any atom is 0.410 e. The fourth-order valence-electron chi connectivity index (χ4n) is 3.90. The summed E-state index contributed by atoms with van der Waals surface area (Å²) in [4.78, 5) is 22.9. The van der Waals surface area contributed by atoms with E-state index >= 15 is 0 Å². The molecule has 2 N–H and O–H groups in total. The Kier molecular flexibility index (Phi) is 8.61. The van der Waals surface area contributed by atoms with Gasteiger partial charge in [0.2, 0.25) is 0 Å². The number of guanidine groups is 1. The molecule has 8 heteroatoms. The number of nitrogens with two attached hydrogens (primary N) is 1. The van der Waals surface area contributed by atoms with Crippen molar-refractivity contribution in [1.29, 1.82) is 0 Å². The second-order valence-electron chi connectivity index (χ2n) is 9.49. The number of ether oxygens (including phenoxy) is 2. The second kappa shape index (κ2) is 11.4. The molecular formula is C24H39N5O3. The quantitative estimate of drug-likeness (QED) is 0.513. The van der Waals surface area contributed by atoms with Crippen molar-refractivity contribution in [1.82, 2.24) is 14.7 Å². The molecule has 32 heavy (non-hydrogen) atoms. The number of rotatable bonds is 7. The molecule has 3 rings (SSSR count). The number of nitrogens with zero attached hydrogens (tertiary/aromatic N) is 4. The molecule has 0 aliphatic carbocycles. The molecule has 2 saturated heterocycles. The summed E-state index contributed by atoms with van der Waals surface area (Å²) in [6.07, 6.45) is 3.18. The summed E-state index contributed by atoms with van der Waals surface area (Å²) in [7, 11) is 0. The largest absolute Gasteiger partial charge is 0.492 e. The first kappa shape index (κ1) is 24.2. The van der Waals surface area contributed by atoms with Crippen LogP contribution < -0.4 is 10.5 Å². The molecule has 8 nitrogen and oxygen atoms in total. The monoisotopic (exact) mass is 445 g/mol. The minimum Gasteiger partial charge on any atom is -0.492 e. The molecule has 0 unspecified atom stereocenters. The molecule has 0 bridgehead atoms. The van der Waals surface area contributed by atoms with Gasteiger partial charge in [-0.2, -0.15) is 0 Å². The van der Waals surface area contributed by atoms with Crippen LogP contribution in [0.3, 0.4) is 0 Å². The molecular weight excluding hydrogens is 406 g/mol. The topological polar surface area (TPSA) is 83.6 Å². The molecule has 2 heterocycles. The van der Waals surface area contributed by atoms with E-state index in [4.69, 9.17) is 15.2 Å². The number of benzene rings is 1. The fraction of sp³-hybridized carbons (Fsp3) is 0.667. The Morgan fingerprint density at radius 3 is 2.25 bits per heavy atom. The predicted molar refractivity (Wildman–Crippen MR) is 127 cm³/mol. The van der Waals surface area contributed by atoms with E-state index in [2.05, 4.69) is 22.0 Å². The minimum atomic E-state index is -0.480. The molecule has 1 aromatic rings. The fourth-order valence-corrected chi connectivity index (χ4v) is 3.90. The van der Waals surface area contributed by atoms with Crippen LogP contribution in [0.5, 0.6) is 5.75 Å². The van der Waals surface area contributed by atoms with E-state index in [9.17, 15) is 4.79 Å². The Bertz CT molecular complexity index is 746. The lowest BCUT2D eigenvalue weighted by atomic mass is 10.1. The SMILES string of the molecule is CC(C)(C)OC(=O)N1CCN(C(N)=NCCc2ccc(OCCN3CCCC3)cc2)CC1. The number of hydrogen-bond donors (Lipinski definition) is 1. The molecule has 0 saturated carbocycles. The van der Waals surface area contributed by atoms with E-state index in [-0.39, 0.29) is 6.09 Å². The Labute approximate surface area is 192 Å². The molecule has 0 radical (unpaired) electrons. The average Bonchev–Trinajstić information content (AvgIpc) is 3.27. The van der Waals surface area contributed by atoms with Gasteiger partial charge >= 0.3 is 6.09 Å². The van der Waals surface area contributed by atoms with Crippen molar-refractivity contribution < 1.29 is 14.3 Å². The first-order valence-electron chi connectivity index (χ1n) is 11.8. The number of hydrogen-bond acceptors (Lipinski definition) is 5. The van der Waals surface area contributed by atoms with E-state index in [1.54, 1.807) is 4.90 Å². The van der Waals surface area contributed by atoms with Crippen LogP contribution in [-0.2, 0) is 11.2 Å². The number of aliphatic imine (C=N–C) groups is 1. The molecule has 178 valence electrons. The zero-order chi connectivity index (χ0) is 23.0.